The van der Waals surface area contributed by atoms with Gasteiger partial charge in [0.2, 0.25) is 0 Å². The molecule has 0 aromatic heterocycles. The van der Waals surface area contributed by atoms with Crippen molar-refractivity contribution in [2.24, 2.45) is 0 Å². The van der Waals surface area contributed by atoms with Gasteiger partial charge in [0.25, 0.3) is 7.82 Å². The Bertz CT molecular complexity index is 1400. The molecule has 73 heavy (non-hydrogen) atoms. The molecule has 9 heteroatoms. The summed E-state index contributed by atoms with van der Waals surface area (Å²) in [5, 5.41) is 0. The fraction of sp³-hybridized carbons (Fsp3) is 0.797. The molecule has 0 rings (SSSR count). The van der Waals surface area contributed by atoms with Crippen LogP contribution >= 0.6 is 7.82 Å². The van der Waals surface area contributed by atoms with Crippen LogP contribution in [0.1, 0.15) is 271 Å². The zero-order valence-corrected chi connectivity index (χ0v) is 49.5. The first-order valence-electron chi connectivity index (χ1n) is 30.7. The minimum Gasteiger partial charge on any atom is -0.756 e. The number of phosphoric ester groups is 1. The van der Waals surface area contributed by atoms with Crippen LogP contribution in [0.3, 0.4) is 0 Å². The maximum Gasteiger partial charge on any atom is 0.306 e. The van der Waals surface area contributed by atoms with E-state index in [1.165, 1.54) is 193 Å². The number of carbonyl (C=O) groups excluding carboxylic acids is 1. The van der Waals surface area contributed by atoms with Crippen LogP contribution in [0, 0.1) is 0 Å². The van der Waals surface area contributed by atoms with Crippen molar-refractivity contribution in [3.05, 3.63) is 72.9 Å². The number of esters is 1. The molecule has 0 amide bonds. The van der Waals surface area contributed by atoms with Crippen LogP contribution in [-0.4, -0.2) is 70.7 Å². The molecular formula is C64H118NO7P. The topological polar surface area (TPSA) is 94.1 Å². The number of rotatable bonds is 57. The molecule has 0 saturated carbocycles. The number of ether oxygens (including phenoxy) is 2. The summed E-state index contributed by atoms with van der Waals surface area (Å²) < 4.78 is 34.9. The number of hydrogen-bond donors (Lipinski definition) is 0. The van der Waals surface area contributed by atoms with Crippen molar-refractivity contribution >= 4 is 13.8 Å². The largest absolute Gasteiger partial charge is 0.756 e. The van der Waals surface area contributed by atoms with Gasteiger partial charge in [-0.15, -0.1) is 0 Å². The van der Waals surface area contributed by atoms with E-state index in [9.17, 15) is 14.3 Å². The Hall–Kier alpha value is -2.06. The van der Waals surface area contributed by atoms with Gasteiger partial charge in [0.1, 0.15) is 19.3 Å². The highest BCUT2D eigenvalue weighted by atomic mass is 31.2. The molecule has 0 aromatic carbocycles. The van der Waals surface area contributed by atoms with E-state index in [4.69, 9.17) is 18.5 Å². The molecule has 8 nitrogen and oxygen atoms in total. The van der Waals surface area contributed by atoms with E-state index in [1.807, 2.05) is 21.1 Å². The quantitative estimate of drug-likeness (QED) is 0.0197. The molecule has 2 unspecified atom stereocenters. The summed E-state index contributed by atoms with van der Waals surface area (Å²) in [5.41, 5.74) is 0. The standard InChI is InChI=1S/C64H118NO7P/c1-6-8-10-12-14-16-18-20-22-24-26-28-30-32-34-36-38-40-42-44-46-48-50-52-54-56-59-69-61-63(62-71-73(67,68)70-60-58-65(3,4)5)72-64(66)57-55-53-51-49-47-45-43-41-39-37-35-33-31-29-27-25-23-21-19-17-15-13-11-9-7-2/h18-21,24-27,30-33,63H,6-17,22-23,28-29,34-62H2,1-5H3/b20-18-,21-19-,26-24-,27-25-,32-30-,33-31-. The van der Waals surface area contributed by atoms with Gasteiger partial charge in [-0.25, -0.2) is 0 Å². The van der Waals surface area contributed by atoms with Crippen LogP contribution < -0.4 is 4.89 Å². The van der Waals surface area contributed by atoms with E-state index in [0.29, 0.717) is 24.1 Å². The van der Waals surface area contributed by atoms with Gasteiger partial charge < -0.3 is 27.9 Å². The molecule has 2 atom stereocenters. The summed E-state index contributed by atoms with van der Waals surface area (Å²) in [6, 6.07) is 0. The van der Waals surface area contributed by atoms with Gasteiger partial charge in [-0.05, 0) is 89.9 Å². The Morgan fingerprint density at radius 1 is 0.425 bits per heavy atom. The average Bonchev–Trinajstić information content (AvgIpc) is 3.35. The normalized spacial score (nSPS) is 13.9. The monoisotopic (exact) mass is 1040 g/mol. The predicted octanol–water partition coefficient (Wildman–Crippen LogP) is 19.1. The summed E-state index contributed by atoms with van der Waals surface area (Å²) in [4.78, 5) is 25.3. The Labute approximate surface area is 453 Å². The Morgan fingerprint density at radius 3 is 1.12 bits per heavy atom. The number of allylic oxidation sites excluding steroid dienone is 12. The van der Waals surface area contributed by atoms with Crippen LogP contribution in [0.5, 0.6) is 0 Å². The fourth-order valence-electron chi connectivity index (χ4n) is 8.50. The highest BCUT2D eigenvalue weighted by molar-refractivity contribution is 7.45. The summed E-state index contributed by atoms with van der Waals surface area (Å²) in [6.45, 7) is 5.40. The molecule has 0 N–H and O–H groups in total. The van der Waals surface area contributed by atoms with E-state index in [1.54, 1.807) is 0 Å². The molecule has 0 aliphatic carbocycles. The highest BCUT2D eigenvalue weighted by Gasteiger charge is 2.20. The second kappa shape index (κ2) is 56.2. The van der Waals surface area contributed by atoms with Gasteiger partial charge in [-0.2, -0.15) is 0 Å². The van der Waals surface area contributed by atoms with E-state index < -0.39 is 13.9 Å². The van der Waals surface area contributed by atoms with Crippen LogP contribution in [0.25, 0.3) is 0 Å². The molecule has 0 radical (unpaired) electrons. The molecule has 0 aliphatic rings. The van der Waals surface area contributed by atoms with Gasteiger partial charge >= 0.3 is 5.97 Å². The number of nitrogens with zero attached hydrogens (tertiary/aromatic N) is 1. The second-order valence-electron chi connectivity index (χ2n) is 21.7. The van der Waals surface area contributed by atoms with Crippen molar-refractivity contribution in [2.75, 3.05) is 54.1 Å². The lowest BCUT2D eigenvalue weighted by atomic mass is 10.0. The van der Waals surface area contributed by atoms with Crippen molar-refractivity contribution in [1.29, 1.82) is 0 Å². The van der Waals surface area contributed by atoms with Crippen molar-refractivity contribution in [2.45, 2.75) is 277 Å². The second-order valence-corrected chi connectivity index (χ2v) is 23.1. The maximum atomic E-state index is 12.8. The number of phosphoric acid groups is 1. The van der Waals surface area contributed by atoms with Gasteiger partial charge in [-0.3, -0.25) is 9.36 Å². The molecule has 0 bridgehead atoms. The number of quaternary nitrogens is 1. The van der Waals surface area contributed by atoms with Crippen molar-refractivity contribution < 1.29 is 37.3 Å². The molecule has 0 aliphatic heterocycles. The highest BCUT2D eigenvalue weighted by Crippen LogP contribution is 2.38. The predicted molar refractivity (Wildman–Crippen MR) is 314 cm³/mol. The van der Waals surface area contributed by atoms with Gasteiger partial charge in [0.15, 0.2) is 0 Å². The summed E-state index contributed by atoms with van der Waals surface area (Å²) in [6.07, 6.45) is 75.2. The smallest absolute Gasteiger partial charge is 0.306 e. The molecule has 0 fully saturated rings. The van der Waals surface area contributed by atoms with Gasteiger partial charge in [0, 0.05) is 13.0 Å². The van der Waals surface area contributed by atoms with E-state index in [2.05, 4.69) is 86.8 Å². The maximum absolute atomic E-state index is 12.8. The van der Waals surface area contributed by atoms with Crippen molar-refractivity contribution in [3.63, 3.8) is 0 Å². The molecule has 0 spiro atoms. The molecule has 426 valence electrons. The lowest BCUT2D eigenvalue weighted by Crippen LogP contribution is -2.37. The summed E-state index contributed by atoms with van der Waals surface area (Å²) in [5.74, 6) is -0.338. The molecule has 0 saturated heterocycles. The molecular weight excluding hydrogens is 926 g/mol. The van der Waals surface area contributed by atoms with Crippen molar-refractivity contribution in [1.82, 2.24) is 0 Å². The summed E-state index contributed by atoms with van der Waals surface area (Å²) >= 11 is 0. The van der Waals surface area contributed by atoms with Crippen LogP contribution in [0.15, 0.2) is 72.9 Å². The number of likely N-dealkylation sites (N-methyl/N-ethyl adjacent to an activating group) is 1. The first-order valence-corrected chi connectivity index (χ1v) is 32.1. The van der Waals surface area contributed by atoms with E-state index in [0.717, 1.165) is 57.8 Å². The third-order valence-corrected chi connectivity index (χ3v) is 14.2. The Kier molecular flexibility index (Phi) is 54.6. The van der Waals surface area contributed by atoms with Crippen LogP contribution in [0.4, 0.5) is 0 Å². The summed E-state index contributed by atoms with van der Waals surface area (Å²) in [7, 11) is 1.35. The molecule has 0 heterocycles. The Balaban J connectivity index is 4.07. The fourth-order valence-corrected chi connectivity index (χ4v) is 9.23. The lowest BCUT2D eigenvalue weighted by Gasteiger charge is -2.28. The minimum absolute atomic E-state index is 0.0223. The number of carbonyl (C=O) groups is 1. The van der Waals surface area contributed by atoms with Crippen LogP contribution in [0.2, 0.25) is 0 Å². The molecule has 0 aromatic rings. The third-order valence-electron chi connectivity index (χ3n) is 13.2. The average molecular weight is 1040 g/mol. The van der Waals surface area contributed by atoms with Gasteiger partial charge in [-0.1, -0.05) is 247 Å². The van der Waals surface area contributed by atoms with E-state index >= 15 is 0 Å². The Morgan fingerprint density at radius 2 is 0.753 bits per heavy atom. The lowest BCUT2D eigenvalue weighted by molar-refractivity contribution is -0.870. The number of hydrogen-bond acceptors (Lipinski definition) is 7. The van der Waals surface area contributed by atoms with E-state index in [-0.39, 0.29) is 25.8 Å². The number of unbranched alkanes of at least 4 members (excludes halogenated alkanes) is 31. The first kappa shape index (κ1) is 70.9. The zero-order valence-electron chi connectivity index (χ0n) is 48.6. The van der Waals surface area contributed by atoms with Crippen molar-refractivity contribution in [3.8, 4) is 0 Å². The zero-order chi connectivity index (χ0) is 53.3. The SMILES string of the molecule is CCCCCCC/C=C\C/C=C\C/C=C\CCCCCCCCCCCCCOCC(COP(=O)([O-])OCC[N+](C)(C)C)OC(=O)CCCCCCCCCCCC/C=C\C/C=C\C/C=C\CCCCCCC. The first-order chi connectivity index (χ1) is 35.6. The third kappa shape index (κ3) is 60.7. The van der Waals surface area contributed by atoms with Gasteiger partial charge in [0.05, 0.1) is 34.4 Å². The van der Waals surface area contributed by atoms with Crippen LogP contribution in [-0.2, 0) is 27.9 Å². The minimum atomic E-state index is -4.54.